The van der Waals surface area contributed by atoms with Gasteiger partial charge in [-0.3, -0.25) is 10.6 Å². The quantitative estimate of drug-likeness (QED) is 0.512. The summed E-state index contributed by atoms with van der Waals surface area (Å²) in [7, 11) is -3.76. The molecular formula is C11H16N4O3S. The summed E-state index contributed by atoms with van der Waals surface area (Å²) >= 11 is 0. The number of sulfonamides is 1. The van der Waals surface area contributed by atoms with E-state index in [1.165, 1.54) is 10.4 Å². The van der Waals surface area contributed by atoms with Crippen LogP contribution < -0.4 is 16.6 Å². The van der Waals surface area contributed by atoms with Crippen LogP contribution in [0.3, 0.4) is 0 Å². The molecule has 1 fully saturated rings. The number of nitrogens with two attached hydrogens (primary N) is 1. The highest BCUT2D eigenvalue weighted by molar-refractivity contribution is 7.89. The molecule has 1 aromatic carbocycles. The van der Waals surface area contributed by atoms with Crippen molar-refractivity contribution in [1.29, 1.82) is 0 Å². The lowest BCUT2D eigenvalue weighted by Crippen LogP contribution is -2.55. The average Bonchev–Trinajstić information content (AvgIpc) is 2.41. The predicted octanol–water partition coefficient (Wildman–Crippen LogP) is -0.519. The van der Waals surface area contributed by atoms with Gasteiger partial charge in [0.15, 0.2) is 0 Å². The van der Waals surface area contributed by atoms with E-state index in [0.717, 1.165) is 0 Å². The van der Waals surface area contributed by atoms with Crippen molar-refractivity contribution < 1.29 is 13.2 Å². The Morgan fingerprint density at radius 2 is 2.11 bits per heavy atom. The minimum absolute atomic E-state index is 0.0686. The minimum Gasteiger partial charge on any atom is -0.353 e. The van der Waals surface area contributed by atoms with E-state index in [-0.39, 0.29) is 17.3 Å². The molecule has 0 saturated carbocycles. The van der Waals surface area contributed by atoms with Crippen LogP contribution in [0, 0.1) is 0 Å². The first-order chi connectivity index (χ1) is 8.98. The molecule has 1 saturated heterocycles. The van der Waals surface area contributed by atoms with Gasteiger partial charge in [0.25, 0.3) is 0 Å². The van der Waals surface area contributed by atoms with E-state index in [4.69, 9.17) is 5.84 Å². The first-order valence-electron chi connectivity index (χ1n) is 5.83. The number of nitrogen functional groups attached to an aromatic ring is 1. The number of carbonyl (C=O) groups excluding carboxylic acids is 1. The molecule has 104 valence electrons. The number of hydrogen-bond acceptors (Lipinski definition) is 5. The van der Waals surface area contributed by atoms with Gasteiger partial charge in [-0.2, -0.15) is 4.31 Å². The second kappa shape index (κ2) is 5.16. The van der Waals surface area contributed by atoms with Crippen LogP contribution >= 0.6 is 0 Å². The molecule has 0 aliphatic carbocycles. The van der Waals surface area contributed by atoms with Gasteiger partial charge >= 0.3 is 0 Å². The van der Waals surface area contributed by atoms with Gasteiger partial charge in [0, 0.05) is 13.1 Å². The first kappa shape index (κ1) is 13.8. The molecule has 19 heavy (non-hydrogen) atoms. The summed E-state index contributed by atoms with van der Waals surface area (Å²) in [6.45, 7) is 2.11. The second-order valence-electron chi connectivity index (χ2n) is 4.22. The first-order valence-corrected chi connectivity index (χ1v) is 7.27. The van der Waals surface area contributed by atoms with Gasteiger partial charge in [-0.05, 0) is 19.1 Å². The van der Waals surface area contributed by atoms with E-state index in [9.17, 15) is 13.2 Å². The maximum Gasteiger partial charge on any atom is 0.245 e. The number of carbonyl (C=O) groups is 1. The topological polar surface area (TPSA) is 105 Å². The van der Waals surface area contributed by atoms with Crippen LogP contribution in [0.25, 0.3) is 0 Å². The fourth-order valence-electron chi connectivity index (χ4n) is 2.03. The molecule has 1 heterocycles. The Kier molecular flexibility index (Phi) is 3.74. The van der Waals surface area contributed by atoms with Crippen molar-refractivity contribution in [3.05, 3.63) is 24.3 Å². The molecular weight excluding hydrogens is 268 g/mol. The molecule has 0 radical (unpaired) electrons. The van der Waals surface area contributed by atoms with Gasteiger partial charge in [0.05, 0.1) is 5.69 Å². The van der Waals surface area contributed by atoms with E-state index in [1.54, 1.807) is 25.1 Å². The molecule has 7 nitrogen and oxygen atoms in total. The molecule has 4 N–H and O–H groups in total. The molecule has 1 aliphatic rings. The highest BCUT2D eigenvalue weighted by atomic mass is 32.2. The van der Waals surface area contributed by atoms with Crippen LogP contribution in [-0.4, -0.2) is 37.8 Å². The molecule has 1 unspecified atom stereocenters. The second-order valence-corrected chi connectivity index (χ2v) is 6.08. The molecule has 1 aliphatic heterocycles. The number of amides is 1. The van der Waals surface area contributed by atoms with Crippen LogP contribution in [0.1, 0.15) is 6.92 Å². The number of benzene rings is 1. The van der Waals surface area contributed by atoms with Crippen molar-refractivity contribution in [1.82, 2.24) is 9.62 Å². The van der Waals surface area contributed by atoms with Crippen LogP contribution in [-0.2, 0) is 14.8 Å². The summed E-state index contributed by atoms with van der Waals surface area (Å²) in [5, 5.41) is 2.63. The van der Waals surface area contributed by atoms with E-state index in [1.807, 2.05) is 0 Å². The number of para-hydroxylation sites is 1. The van der Waals surface area contributed by atoms with Gasteiger partial charge in [0.2, 0.25) is 15.9 Å². The van der Waals surface area contributed by atoms with Crippen LogP contribution in [0.15, 0.2) is 29.2 Å². The molecule has 1 atom stereocenters. The minimum atomic E-state index is -3.76. The molecule has 2 rings (SSSR count). The maximum atomic E-state index is 12.6. The third kappa shape index (κ3) is 2.42. The number of hydrazine groups is 1. The lowest BCUT2D eigenvalue weighted by atomic mass is 10.2. The number of anilines is 1. The predicted molar refractivity (Wildman–Crippen MR) is 70.6 cm³/mol. The molecule has 0 bridgehead atoms. The number of rotatable bonds is 3. The smallest absolute Gasteiger partial charge is 0.245 e. The summed E-state index contributed by atoms with van der Waals surface area (Å²) in [6.07, 6.45) is 0. The van der Waals surface area contributed by atoms with Crippen molar-refractivity contribution in [3.63, 3.8) is 0 Å². The molecule has 0 spiro atoms. The Hall–Kier alpha value is -1.64. The van der Waals surface area contributed by atoms with Crippen LogP contribution in [0.2, 0.25) is 0 Å². The number of nitrogens with one attached hydrogen (secondary N) is 2. The summed E-state index contributed by atoms with van der Waals surface area (Å²) in [5.74, 6) is 5.03. The largest absolute Gasteiger partial charge is 0.353 e. The van der Waals surface area contributed by atoms with Crippen LogP contribution in [0.5, 0.6) is 0 Å². The zero-order valence-electron chi connectivity index (χ0n) is 10.5. The Morgan fingerprint density at radius 1 is 1.42 bits per heavy atom. The Balaban J connectivity index is 2.44. The Labute approximate surface area is 111 Å². The average molecular weight is 284 g/mol. The third-order valence-electron chi connectivity index (χ3n) is 3.07. The summed E-state index contributed by atoms with van der Waals surface area (Å²) in [5.41, 5.74) is 2.67. The van der Waals surface area contributed by atoms with Gasteiger partial charge in [-0.15, -0.1) is 0 Å². The van der Waals surface area contributed by atoms with Crippen molar-refractivity contribution in [3.8, 4) is 0 Å². The van der Waals surface area contributed by atoms with Gasteiger partial charge < -0.3 is 10.7 Å². The fourth-order valence-corrected chi connectivity index (χ4v) is 3.78. The Bertz CT molecular complexity index is 587. The van der Waals surface area contributed by atoms with Crippen LogP contribution in [0.4, 0.5) is 5.69 Å². The van der Waals surface area contributed by atoms with Gasteiger partial charge in [0.1, 0.15) is 10.9 Å². The van der Waals surface area contributed by atoms with E-state index in [2.05, 4.69) is 10.7 Å². The molecule has 0 aromatic heterocycles. The van der Waals surface area contributed by atoms with Gasteiger partial charge in [-0.25, -0.2) is 8.42 Å². The number of nitrogens with zero attached hydrogens (tertiary/aromatic N) is 1. The highest BCUT2D eigenvalue weighted by Gasteiger charge is 2.36. The maximum absolute atomic E-state index is 12.6. The van der Waals surface area contributed by atoms with E-state index < -0.39 is 16.1 Å². The zero-order chi connectivity index (χ0) is 14.0. The van der Waals surface area contributed by atoms with Crippen molar-refractivity contribution in [2.75, 3.05) is 18.5 Å². The highest BCUT2D eigenvalue weighted by Crippen LogP contribution is 2.25. The standard InChI is InChI=1S/C11H16N4O3S/c1-8-11(16)13-6-7-15(8)19(17,18)10-5-3-2-4-9(10)14-12/h2-5,8,14H,6-7,12H2,1H3,(H,13,16). The zero-order valence-corrected chi connectivity index (χ0v) is 11.3. The Morgan fingerprint density at radius 3 is 2.79 bits per heavy atom. The van der Waals surface area contributed by atoms with Crippen molar-refractivity contribution in [2.24, 2.45) is 5.84 Å². The summed E-state index contributed by atoms with van der Waals surface area (Å²) in [6, 6.07) is 5.60. The summed E-state index contributed by atoms with van der Waals surface area (Å²) in [4.78, 5) is 11.6. The monoisotopic (exact) mass is 284 g/mol. The number of hydrogen-bond donors (Lipinski definition) is 3. The SMILES string of the molecule is CC1C(=O)NCCN1S(=O)(=O)c1ccccc1NN. The van der Waals surface area contributed by atoms with Crippen molar-refractivity contribution in [2.45, 2.75) is 17.9 Å². The lowest BCUT2D eigenvalue weighted by Gasteiger charge is -2.32. The van der Waals surface area contributed by atoms with Gasteiger partial charge in [-0.1, -0.05) is 12.1 Å². The third-order valence-corrected chi connectivity index (χ3v) is 5.10. The fraction of sp³-hybridized carbons (Fsp3) is 0.364. The lowest BCUT2D eigenvalue weighted by molar-refractivity contribution is -0.126. The normalized spacial score (nSPS) is 20.9. The molecule has 8 heteroatoms. The van der Waals surface area contributed by atoms with Crippen molar-refractivity contribution >= 4 is 21.6 Å². The summed E-state index contributed by atoms with van der Waals surface area (Å²) < 4.78 is 26.3. The molecule has 1 aromatic rings. The number of piperazine rings is 1. The molecule has 1 amide bonds. The van der Waals surface area contributed by atoms with E-state index in [0.29, 0.717) is 12.2 Å². The van der Waals surface area contributed by atoms with E-state index >= 15 is 0 Å².